The highest BCUT2D eigenvalue weighted by Gasteiger charge is 2.25. The van der Waals surface area contributed by atoms with Crippen LogP contribution in [0, 0.1) is 26.7 Å². The lowest BCUT2D eigenvalue weighted by Gasteiger charge is -2.34. The predicted octanol–water partition coefficient (Wildman–Crippen LogP) is 3.38. The van der Waals surface area contributed by atoms with Crippen molar-refractivity contribution in [3.63, 3.8) is 0 Å². The summed E-state index contributed by atoms with van der Waals surface area (Å²) in [5.41, 5.74) is 4.93. The molecule has 3 rings (SSSR count). The van der Waals surface area contributed by atoms with E-state index in [1.54, 1.807) is 4.90 Å². The van der Waals surface area contributed by atoms with Gasteiger partial charge in [-0.2, -0.15) is 5.10 Å². The minimum Gasteiger partial charge on any atom is -0.339 e. The van der Waals surface area contributed by atoms with E-state index in [4.69, 9.17) is 0 Å². The molecule has 0 spiro atoms. The molecule has 0 radical (unpaired) electrons. The molecule has 2 heterocycles. The smallest absolute Gasteiger partial charge is 0.321 e. The summed E-state index contributed by atoms with van der Waals surface area (Å²) in [6.45, 7) is 13.4. The van der Waals surface area contributed by atoms with Gasteiger partial charge in [-0.15, -0.1) is 0 Å². The topological polar surface area (TPSA) is 70.5 Å². The Labute approximate surface area is 179 Å². The lowest BCUT2D eigenvalue weighted by atomic mass is 10.1. The number of anilines is 1. The number of hydrogen-bond donors (Lipinski definition) is 1. The quantitative estimate of drug-likeness (QED) is 0.820. The molecule has 0 aliphatic carbocycles. The lowest BCUT2D eigenvalue weighted by Crippen LogP contribution is -2.52. The monoisotopic (exact) mass is 411 g/mol. The van der Waals surface area contributed by atoms with Crippen LogP contribution in [0.3, 0.4) is 0 Å². The Kier molecular flexibility index (Phi) is 6.80. The van der Waals surface area contributed by atoms with Crippen LogP contribution in [0.5, 0.6) is 0 Å². The van der Waals surface area contributed by atoms with Gasteiger partial charge in [0.1, 0.15) is 0 Å². The molecule has 1 aromatic heterocycles. The highest BCUT2D eigenvalue weighted by molar-refractivity contribution is 5.89. The molecule has 0 atom stereocenters. The molecule has 30 heavy (non-hydrogen) atoms. The van der Waals surface area contributed by atoms with E-state index in [1.807, 2.05) is 54.6 Å². The standard InChI is InChI=1S/C23H33N5O2/c1-16(2)15-28-19(5)21(18(4)25-28)14-22(29)26-9-11-27(12-10-26)23(30)24-20-8-6-7-17(3)13-20/h6-8,13,16H,9-12,14-15H2,1-5H3,(H,24,30). The fourth-order valence-electron chi connectivity index (χ4n) is 3.86. The van der Waals surface area contributed by atoms with Crippen LogP contribution in [0.1, 0.15) is 36.4 Å². The molecule has 1 aliphatic rings. The number of nitrogens with zero attached hydrogens (tertiary/aromatic N) is 4. The number of rotatable bonds is 5. The van der Waals surface area contributed by atoms with Crippen LogP contribution < -0.4 is 5.32 Å². The summed E-state index contributed by atoms with van der Waals surface area (Å²) in [5.74, 6) is 0.606. The van der Waals surface area contributed by atoms with Crippen LogP contribution >= 0.6 is 0 Å². The van der Waals surface area contributed by atoms with Crippen molar-refractivity contribution >= 4 is 17.6 Å². The van der Waals surface area contributed by atoms with E-state index < -0.39 is 0 Å². The van der Waals surface area contributed by atoms with Gasteiger partial charge in [0.2, 0.25) is 5.91 Å². The highest BCUT2D eigenvalue weighted by Crippen LogP contribution is 2.17. The Morgan fingerprint density at radius 2 is 1.73 bits per heavy atom. The number of nitrogens with one attached hydrogen (secondary N) is 1. The Balaban J connectivity index is 1.54. The summed E-state index contributed by atoms with van der Waals surface area (Å²) in [4.78, 5) is 29.0. The predicted molar refractivity (Wildman–Crippen MR) is 119 cm³/mol. The number of carbonyl (C=O) groups is 2. The summed E-state index contributed by atoms with van der Waals surface area (Å²) in [5, 5.41) is 7.56. The first-order valence-electron chi connectivity index (χ1n) is 10.7. The zero-order valence-corrected chi connectivity index (χ0v) is 18.7. The Morgan fingerprint density at radius 1 is 1.07 bits per heavy atom. The van der Waals surface area contributed by atoms with Crippen molar-refractivity contribution in [2.24, 2.45) is 5.92 Å². The van der Waals surface area contributed by atoms with E-state index in [1.165, 1.54) is 0 Å². The fourth-order valence-corrected chi connectivity index (χ4v) is 3.86. The van der Waals surface area contributed by atoms with E-state index in [9.17, 15) is 9.59 Å². The summed E-state index contributed by atoms with van der Waals surface area (Å²) < 4.78 is 2.01. The van der Waals surface area contributed by atoms with Gasteiger partial charge in [-0.3, -0.25) is 9.48 Å². The second-order valence-electron chi connectivity index (χ2n) is 8.57. The largest absolute Gasteiger partial charge is 0.339 e. The second kappa shape index (κ2) is 9.32. The van der Waals surface area contributed by atoms with Crippen molar-refractivity contribution < 1.29 is 9.59 Å². The van der Waals surface area contributed by atoms with E-state index in [0.29, 0.717) is 38.5 Å². The fraction of sp³-hybridized carbons (Fsp3) is 0.522. The number of urea groups is 1. The van der Waals surface area contributed by atoms with E-state index >= 15 is 0 Å². The minimum absolute atomic E-state index is 0.101. The number of carbonyl (C=O) groups excluding carboxylic acids is 2. The molecular formula is C23H33N5O2. The number of amides is 3. The minimum atomic E-state index is -0.116. The van der Waals surface area contributed by atoms with Crippen LogP contribution in [-0.2, 0) is 17.8 Å². The molecule has 162 valence electrons. The number of hydrogen-bond acceptors (Lipinski definition) is 3. The molecule has 0 saturated carbocycles. The Hall–Kier alpha value is -2.83. The van der Waals surface area contributed by atoms with Crippen LogP contribution in [-0.4, -0.2) is 57.7 Å². The first kappa shape index (κ1) is 21.9. The molecule has 0 bridgehead atoms. The molecule has 7 nitrogen and oxygen atoms in total. The maximum atomic E-state index is 12.9. The maximum Gasteiger partial charge on any atom is 0.321 e. The van der Waals surface area contributed by atoms with Crippen molar-refractivity contribution in [2.75, 3.05) is 31.5 Å². The number of piperazine rings is 1. The first-order valence-corrected chi connectivity index (χ1v) is 10.7. The molecule has 2 aromatic rings. The van der Waals surface area contributed by atoms with Gasteiger partial charge in [-0.05, 0) is 44.4 Å². The third kappa shape index (κ3) is 5.20. The van der Waals surface area contributed by atoms with Crippen LogP contribution in [0.15, 0.2) is 24.3 Å². The summed E-state index contributed by atoms with van der Waals surface area (Å²) >= 11 is 0. The maximum absolute atomic E-state index is 12.9. The summed E-state index contributed by atoms with van der Waals surface area (Å²) in [6, 6.07) is 7.64. The van der Waals surface area contributed by atoms with Gasteiger partial charge in [0.25, 0.3) is 0 Å². The first-order chi connectivity index (χ1) is 14.2. The molecule has 1 N–H and O–H groups in total. The van der Waals surface area contributed by atoms with E-state index in [-0.39, 0.29) is 11.9 Å². The molecule has 1 aliphatic heterocycles. The third-order valence-corrected chi connectivity index (χ3v) is 5.59. The molecule has 3 amide bonds. The SMILES string of the molecule is Cc1cccc(NC(=O)N2CCN(C(=O)Cc3c(C)nn(CC(C)C)c3C)CC2)c1. The van der Waals surface area contributed by atoms with Crippen molar-refractivity contribution in [1.29, 1.82) is 0 Å². The molecule has 1 fully saturated rings. The molecule has 0 unspecified atom stereocenters. The normalized spacial score (nSPS) is 14.3. The zero-order valence-electron chi connectivity index (χ0n) is 18.7. The van der Waals surface area contributed by atoms with E-state index in [0.717, 1.165) is 34.7 Å². The zero-order chi connectivity index (χ0) is 21.8. The van der Waals surface area contributed by atoms with Gasteiger partial charge in [0.05, 0.1) is 12.1 Å². The van der Waals surface area contributed by atoms with Gasteiger partial charge in [0.15, 0.2) is 0 Å². The van der Waals surface area contributed by atoms with Gasteiger partial charge in [-0.25, -0.2) is 4.79 Å². The van der Waals surface area contributed by atoms with Crippen molar-refractivity contribution in [3.8, 4) is 0 Å². The van der Waals surface area contributed by atoms with Gasteiger partial charge in [-0.1, -0.05) is 26.0 Å². The van der Waals surface area contributed by atoms with E-state index in [2.05, 4.69) is 24.3 Å². The molecule has 7 heteroatoms. The number of aromatic nitrogens is 2. The second-order valence-corrected chi connectivity index (χ2v) is 8.57. The van der Waals surface area contributed by atoms with Crippen molar-refractivity contribution in [1.82, 2.24) is 19.6 Å². The van der Waals surface area contributed by atoms with Crippen molar-refractivity contribution in [3.05, 3.63) is 46.8 Å². The van der Waals surface area contributed by atoms with Crippen LogP contribution in [0.4, 0.5) is 10.5 Å². The Bertz CT molecular complexity index is 910. The average Bonchev–Trinajstić information content (AvgIpc) is 2.95. The van der Waals surface area contributed by atoms with Crippen LogP contribution in [0.2, 0.25) is 0 Å². The summed E-state index contributed by atoms with van der Waals surface area (Å²) in [6.07, 6.45) is 0.366. The summed E-state index contributed by atoms with van der Waals surface area (Å²) in [7, 11) is 0. The van der Waals surface area contributed by atoms with Gasteiger partial charge < -0.3 is 15.1 Å². The number of benzene rings is 1. The third-order valence-electron chi connectivity index (χ3n) is 5.59. The Morgan fingerprint density at radius 3 is 2.37 bits per heavy atom. The molecule has 1 saturated heterocycles. The van der Waals surface area contributed by atoms with Gasteiger partial charge in [0, 0.05) is 49.7 Å². The highest BCUT2D eigenvalue weighted by atomic mass is 16.2. The van der Waals surface area contributed by atoms with Crippen LogP contribution in [0.25, 0.3) is 0 Å². The lowest BCUT2D eigenvalue weighted by molar-refractivity contribution is -0.131. The van der Waals surface area contributed by atoms with Crippen molar-refractivity contribution in [2.45, 2.75) is 47.6 Å². The van der Waals surface area contributed by atoms with Gasteiger partial charge >= 0.3 is 6.03 Å². The molecular weight excluding hydrogens is 378 g/mol. The average molecular weight is 412 g/mol. The molecule has 1 aromatic carbocycles. The number of aryl methyl sites for hydroxylation is 2.